The fraction of sp³-hybridized carbons (Fsp3) is 0.600. The highest BCUT2D eigenvalue weighted by Crippen LogP contribution is 2.20. The van der Waals surface area contributed by atoms with Crippen LogP contribution in [0.5, 0.6) is 0 Å². The Kier molecular flexibility index (Phi) is 12.1. The van der Waals surface area contributed by atoms with Crippen LogP contribution in [0.1, 0.15) is 65.4 Å². The van der Waals surface area contributed by atoms with E-state index in [2.05, 4.69) is 41.6 Å². The van der Waals surface area contributed by atoms with Crippen molar-refractivity contribution >= 4 is 41.7 Å². The van der Waals surface area contributed by atoms with Crippen LogP contribution in [-0.2, 0) is 4.74 Å². The number of amides is 1. The van der Waals surface area contributed by atoms with E-state index in [0.717, 1.165) is 24.9 Å². The minimum Gasteiger partial charge on any atom is -0.444 e. The zero-order valence-corrected chi connectivity index (χ0v) is 19.5. The van der Waals surface area contributed by atoms with Crippen molar-refractivity contribution in [3.8, 4) is 0 Å². The zero-order chi connectivity index (χ0) is 19.6. The van der Waals surface area contributed by atoms with Crippen molar-refractivity contribution in [1.82, 2.24) is 5.32 Å². The molecule has 0 aromatic heterocycles. The molecule has 0 aliphatic rings. The number of nitrogens with one attached hydrogen (secondary N) is 2. The smallest absolute Gasteiger partial charge is 0.407 e. The van der Waals surface area contributed by atoms with Crippen LogP contribution in [0.2, 0.25) is 0 Å². The number of aliphatic imine (C=N–C) groups is 1. The fourth-order valence-electron chi connectivity index (χ4n) is 2.26. The van der Waals surface area contributed by atoms with Crippen LogP contribution in [0.25, 0.3) is 0 Å². The zero-order valence-electron chi connectivity index (χ0n) is 17.2. The molecule has 1 rings (SSSR count). The highest BCUT2D eigenvalue weighted by molar-refractivity contribution is 14.0. The lowest BCUT2D eigenvalue weighted by Gasteiger charge is -2.19. The number of alkyl carbamates (subject to hydrolysis) is 1. The predicted octanol–water partition coefficient (Wildman–Crippen LogP) is 4.85. The van der Waals surface area contributed by atoms with Gasteiger partial charge in [0.2, 0.25) is 0 Å². The maximum atomic E-state index is 11.5. The van der Waals surface area contributed by atoms with Gasteiger partial charge < -0.3 is 21.1 Å². The highest BCUT2D eigenvalue weighted by Gasteiger charge is 2.15. The van der Waals surface area contributed by atoms with Crippen molar-refractivity contribution < 1.29 is 9.53 Å². The SMILES string of the molecule is CCC(C)c1ccc(NC(N)=NCCCCNC(=O)OC(C)(C)C)cc1.I. The Morgan fingerprint density at radius 1 is 1.22 bits per heavy atom. The average Bonchev–Trinajstić information content (AvgIpc) is 2.56. The van der Waals surface area contributed by atoms with Gasteiger partial charge in [0.05, 0.1) is 0 Å². The molecule has 0 heterocycles. The van der Waals surface area contributed by atoms with E-state index in [1.807, 2.05) is 32.9 Å². The van der Waals surface area contributed by atoms with Crippen molar-refractivity contribution in [1.29, 1.82) is 0 Å². The number of guanidine groups is 1. The number of ether oxygens (including phenoxy) is 1. The molecule has 1 amide bonds. The second-order valence-electron chi connectivity index (χ2n) is 7.46. The van der Waals surface area contributed by atoms with Gasteiger partial charge in [-0.25, -0.2) is 4.79 Å². The molecule has 1 aromatic rings. The maximum Gasteiger partial charge on any atom is 0.407 e. The first kappa shape index (κ1) is 25.5. The summed E-state index contributed by atoms with van der Waals surface area (Å²) in [6.07, 6.45) is 2.40. The third-order valence-electron chi connectivity index (χ3n) is 3.90. The third kappa shape index (κ3) is 11.7. The predicted molar refractivity (Wildman–Crippen MR) is 124 cm³/mol. The lowest BCUT2D eigenvalue weighted by atomic mass is 9.99. The normalized spacial score (nSPS) is 12.7. The van der Waals surface area contributed by atoms with Crippen molar-refractivity contribution in [3.05, 3.63) is 29.8 Å². The van der Waals surface area contributed by atoms with Gasteiger partial charge in [-0.05, 0) is 63.6 Å². The molecule has 4 N–H and O–H groups in total. The number of carbonyl (C=O) groups excluding carboxylic acids is 1. The number of hydrogen-bond donors (Lipinski definition) is 3. The molecule has 0 bridgehead atoms. The van der Waals surface area contributed by atoms with Crippen LogP contribution in [-0.4, -0.2) is 30.7 Å². The Morgan fingerprint density at radius 3 is 2.41 bits per heavy atom. The number of unbranched alkanes of at least 4 members (excludes halogenated alkanes) is 1. The Bertz CT molecular complexity index is 583. The van der Waals surface area contributed by atoms with Crippen LogP contribution in [0.3, 0.4) is 0 Å². The molecule has 1 atom stereocenters. The van der Waals surface area contributed by atoms with Crippen LogP contribution >= 0.6 is 24.0 Å². The standard InChI is InChI=1S/C20H34N4O2.HI/c1-6-15(2)16-9-11-17(12-10-16)24-18(21)22-13-7-8-14-23-19(25)26-20(3,4)5;/h9-12,15H,6-8,13-14H2,1-5H3,(H,23,25)(H3,21,22,24);1H. The summed E-state index contributed by atoms with van der Waals surface area (Å²) in [6.45, 7) is 11.1. The van der Waals surface area contributed by atoms with Gasteiger partial charge >= 0.3 is 6.09 Å². The Balaban J connectivity index is 0.00000676. The number of anilines is 1. The fourth-order valence-corrected chi connectivity index (χ4v) is 2.26. The summed E-state index contributed by atoms with van der Waals surface area (Å²) in [5, 5.41) is 5.83. The van der Waals surface area contributed by atoms with E-state index in [9.17, 15) is 4.79 Å². The summed E-state index contributed by atoms with van der Waals surface area (Å²) >= 11 is 0. The molecule has 0 aliphatic heterocycles. The largest absolute Gasteiger partial charge is 0.444 e. The second-order valence-corrected chi connectivity index (χ2v) is 7.46. The second kappa shape index (κ2) is 12.8. The number of carbonyl (C=O) groups is 1. The molecular weight excluding hydrogens is 455 g/mol. The first-order chi connectivity index (χ1) is 12.2. The van der Waals surface area contributed by atoms with E-state index in [1.54, 1.807) is 0 Å². The monoisotopic (exact) mass is 490 g/mol. The van der Waals surface area contributed by atoms with E-state index in [1.165, 1.54) is 5.56 Å². The van der Waals surface area contributed by atoms with Gasteiger partial charge in [0.1, 0.15) is 5.60 Å². The van der Waals surface area contributed by atoms with E-state index < -0.39 is 5.60 Å². The lowest BCUT2D eigenvalue weighted by molar-refractivity contribution is 0.0527. The van der Waals surface area contributed by atoms with Gasteiger partial charge in [-0.3, -0.25) is 4.99 Å². The average molecular weight is 490 g/mol. The van der Waals surface area contributed by atoms with Crippen LogP contribution in [0.4, 0.5) is 10.5 Å². The van der Waals surface area contributed by atoms with E-state index in [-0.39, 0.29) is 30.1 Å². The van der Waals surface area contributed by atoms with E-state index in [0.29, 0.717) is 25.0 Å². The minimum atomic E-state index is -0.471. The molecule has 6 nitrogen and oxygen atoms in total. The molecule has 0 spiro atoms. The molecule has 0 saturated carbocycles. The van der Waals surface area contributed by atoms with Gasteiger partial charge in [0.15, 0.2) is 5.96 Å². The van der Waals surface area contributed by atoms with Crippen molar-refractivity contribution in [2.75, 3.05) is 18.4 Å². The minimum absolute atomic E-state index is 0. The number of rotatable bonds is 8. The lowest BCUT2D eigenvalue weighted by Crippen LogP contribution is -2.33. The van der Waals surface area contributed by atoms with Crippen LogP contribution < -0.4 is 16.4 Å². The molecular formula is C20H35IN4O2. The third-order valence-corrected chi connectivity index (χ3v) is 3.90. The summed E-state index contributed by atoms with van der Waals surface area (Å²) in [6, 6.07) is 8.28. The van der Waals surface area contributed by atoms with Gasteiger partial charge in [0, 0.05) is 18.8 Å². The van der Waals surface area contributed by atoms with Crippen LogP contribution in [0, 0.1) is 0 Å². The van der Waals surface area contributed by atoms with Crippen molar-refractivity contribution in [2.45, 2.75) is 65.4 Å². The number of hydrogen-bond acceptors (Lipinski definition) is 3. The molecule has 27 heavy (non-hydrogen) atoms. The highest BCUT2D eigenvalue weighted by atomic mass is 127. The summed E-state index contributed by atoms with van der Waals surface area (Å²) < 4.78 is 5.17. The summed E-state index contributed by atoms with van der Waals surface area (Å²) in [7, 11) is 0. The van der Waals surface area contributed by atoms with Crippen LogP contribution in [0.15, 0.2) is 29.3 Å². The number of nitrogens with two attached hydrogens (primary N) is 1. The number of benzene rings is 1. The summed E-state index contributed by atoms with van der Waals surface area (Å²) in [5.41, 5.74) is 7.70. The van der Waals surface area contributed by atoms with E-state index >= 15 is 0 Å². The van der Waals surface area contributed by atoms with E-state index in [4.69, 9.17) is 10.5 Å². The molecule has 7 heteroatoms. The topological polar surface area (TPSA) is 88.7 Å². The molecule has 1 aromatic carbocycles. The summed E-state index contributed by atoms with van der Waals surface area (Å²) in [4.78, 5) is 15.8. The molecule has 0 aliphatic carbocycles. The van der Waals surface area contributed by atoms with Gasteiger partial charge in [0.25, 0.3) is 0 Å². The quantitative estimate of drug-likeness (QED) is 0.210. The molecule has 0 radical (unpaired) electrons. The molecule has 1 unspecified atom stereocenters. The van der Waals surface area contributed by atoms with Gasteiger partial charge in [-0.15, -0.1) is 24.0 Å². The van der Waals surface area contributed by atoms with Crippen molar-refractivity contribution in [3.63, 3.8) is 0 Å². The molecule has 154 valence electrons. The first-order valence-electron chi connectivity index (χ1n) is 9.35. The molecule has 0 fully saturated rings. The Labute approximate surface area is 180 Å². The number of halogens is 1. The Morgan fingerprint density at radius 2 is 1.85 bits per heavy atom. The molecule has 0 saturated heterocycles. The Hall–Kier alpha value is -1.51. The maximum absolute atomic E-state index is 11.5. The summed E-state index contributed by atoms with van der Waals surface area (Å²) in [5.74, 6) is 0.964. The first-order valence-corrected chi connectivity index (χ1v) is 9.35. The van der Waals surface area contributed by atoms with Crippen molar-refractivity contribution in [2.24, 2.45) is 10.7 Å². The number of nitrogens with zero attached hydrogens (tertiary/aromatic N) is 1. The van der Waals surface area contributed by atoms with Gasteiger partial charge in [-0.2, -0.15) is 0 Å². The van der Waals surface area contributed by atoms with Gasteiger partial charge in [-0.1, -0.05) is 26.0 Å².